The number of rotatable bonds is 2. The smallest absolute Gasteiger partial charge is 0.0568 e. The average molecular weight is 225 g/mol. The summed E-state index contributed by atoms with van der Waals surface area (Å²) in [5.74, 6) is 1.03. The van der Waals surface area contributed by atoms with E-state index in [0.29, 0.717) is 11.8 Å². The number of aliphatic hydroxyl groups excluding tert-OH is 1. The largest absolute Gasteiger partial charge is 0.393 e. The van der Waals surface area contributed by atoms with Crippen molar-refractivity contribution in [3.63, 3.8) is 0 Å². The third-order valence-corrected chi connectivity index (χ3v) is 3.81. The number of benzene rings is 1. The molecule has 0 spiro atoms. The number of halogens is 1. The van der Waals surface area contributed by atoms with Crippen LogP contribution in [0.25, 0.3) is 0 Å². The zero-order chi connectivity index (χ0) is 10.8. The second-order valence-corrected chi connectivity index (χ2v) is 5.03. The summed E-state index contributed by atoms with van der Waals surface area (Å²) in [6.45, 7) is 2.15. The third kappa shape index (κ3) is 2.53. The first-order chi connectivity index (χ1) is 7.16. The Morgan fingerprint density at radius 2 is 2.20 bits per heavy atom. The monoisotopic (exact) mass is 224 g/mol. The van der Waals surface area contributed by atoms with Crippen LogP contribution in [0.1, 0.15) is 25.3 Å². The predicted octanol–water partition coefficient (Wildman–Crippen LogP) is 3.29. The topological polar surface area (TPSA) is 20.2 Å². The van der Waals surface area contributed by atoms with E-state index < -0.39 is 0 Å². The Labute approximate surface area is 96.1 Å². The molecule has 2 heteroatoms. The molecule has 82 valence electrons. The molecule has 0 saturated heterocycles. The molecule has 0 aromatic heterocycles. The number of hydrogen-bond acceptors (Lipinski definition) is 1. The molecular weight excluding hydrogens is 208 g/mol. The van der Waals surface area contributed by atoms with Gasteiger partial charge in [-0.2, -0.15) is 0 Å². The quantitative estimate of drug-likeness (QED) is 0.818. The summed E-state index contributed by atoms with van der Waals surface area (Å²) in [6.07, 6.45) is 3.02. The van der Waals surface area contributed by atoms with Gasteiger partial charge < -0.3 is 5.11 Å². The lowest BCUT2D eigenvalue weighted by Crippen LogP contribution is -2.16. The molecule has 3 atom stereocenters. The van der Waals surface area contributed by atoms with Crippen LogP contribution in [0.15, 0.2) is 24.3 Å². The molecule has 1 aromatic carbocycles. The average Bonchev–Trinajstić information content (AvgIpc) is 2.50. The standard InChI is InChI=1S/C13H17ClO/c1-9-11(5-6-13(9)15)7-10-3-2-4-12(14)8-10/h2-4,8-9,11,13,15H,5-7H2,1H3. The second-order valence-electron chi connectivity index (χ2n) is 4.60. The summed E-state index contributed by atoms with van der Waals surface area (Å²) in [7, 11) is 0. The van der Waals surface area contributed by atoms with Crippen LogP contribution in [0, 0.1) is 11.8 Å². The number of aliphatic hydroxyl groups is 1. The van der Waals surface area contributed by atoms with Crippen molar-refractivity contribution < 1.29 is 5.11 Å². The molecule has 1 fully saturated rings. The summed E-state index contributed by atoms with van der Waals surface area (Å²) in [5, 5.41) is 10.5. The first kappa shape index (κ1) is 11.0. The van der Waals surface area contributed by atoms with Gasteiger partial charge >= 0.3 is 0 Å². The van der Waals surface area contributed by atoms with Crippen LogP contribution in [0.3, 0.4) is 0 Å². The highest BCUT2D eigenvalue weighted by atomic mass is 35.5. The van der Waals surface area contributed by atoms with Crippen molar-refractivity contribution in [2.45, 2.75) is 32.3 Å². The second kappa shape index (κ2) is 4.54. The van der Waals surface area contributed by atoms with Gasteiger partial charge in [0.1, 0.15) is 0 Å². The zero-order valence-corrected chi connectivity index (χ0v) is 9.74. The highest BCUT2D eigenvalue weighted by Gasteiger charge is 2.30. The van der Waals surface area contributed by atoms with Crippen LogP contribution >= 0.6 is 11.6 Å². The Hall–Kier alpha value is -0.530. The fourth-order valence-corrected chi connectivity index (χ4v) is 2.69. The van der Waals surface area contributed by atoms with Crippen LogP contribution in [-0.4, -0.2) is 11.2 Å². The lowest BCUT2D eigenvalue weighted by molar-refractivity contribution is 0.127. The molecule has 1 saturated carbocycles. The molecule has 1 aliphatic rings. The summed E-state index contributed by atoms with van der Waals surface area (Å²) in [4.78, 5) is 0. The zero-order valence-electron chi connectivity index (χ0n) is 8.99. The van der Waals surface area contributed by atoms with Crippen LogP contribution in [0.4, 0.5) is 0 Å². The van der Waals surface area contributed by atoms with Crippen LogP contribution in [-0.2, 0) is 6.42 Å². The van der Waals surface area contributed by atoms with Gasteiger partial charge in [0, 0.05) is 5.02 Å². The van der Waals surface area contributed by atoms with Crippen molar-refractivity contribution in [1.29, 1.82) is 0 Å². The van der Waals surface area contributed by atoms with Gasteiger partial charge in [0.05, 0.1) is 6.10 Å². The third-order valence-electron chi connectivity index (χ3n) is 3.57. The highest BCUT2D eigenvalue weighted by molar-refractivity contribution is 6.30. The molecule has 0 amide bonds. The first-order valence-corrected chi connectivity index (χ1v) is 5.97. The highest BCUT2D eigenvalue weighted by Crippen LogP contribution is 2.34. The summed E-state index contributed by atoms with van der Waals surface area (Å²) in [5.41, 5.74) is 1.29. The minimum absolute atomic E-state index is 0.103. The van der Waals surface area contributed by atoms with E-state index in [4.69, 9.17) is 11.6 Å². The SMILES string of the molecule is CC1C(O)CCC1Cc1cccc(Cl)c1. The van der Waals surface area contributed by atoms with Crippen molar-refractivity contribution in [2.24, 2.45) is 11.8 Å². The maximum Gasteiger partial charge on any atom is 0.0568 e. The maximum absolute atomic E-state index is 9.67. The lowest BCUT2D eigenvalue weighted by Gasteiger charge is -2.17. The van der Waals surface area contributed by atoms with E-state index in [0.717, 1.165) is 24.3 Å². The van der Waals surface area contributed by atoms with Gasteiger partial charge in [0.25, 0.3) is 0 Å². The van der Waals surface area contributed by atoms with Crippen molar-refractivity contribution in [3.05, 3.63) is 34.9 Å². The summed E-state index contributed by atoms with van der Waals surface area (Å²) >= 11 is 5.95. The molecule has 0 radical (unpaired) electrons. The molecule has 3 unspecified atom stereocenters. The van der Waals surface area contributed by atoms with Crippen LogP contribution < -0.4 is 0 Å². The van der Waals surface area contributed by atoms with Crippen molar-refractivity contribution in [2.75, 3.05) is 0 Å². The summed E-state index contributed by atoms with van der Waals surface area (Å²) in [6, 6.07) is 8.04. The van der Waals surface area contributed by atoms with E-state index in [2.05, 4.69) is 13.0 Å². The minimum Gasteiger partial charge on any atom is -0.393 e. The normalized spacial score (nSPS) is 30.7. The first-order valence-electron chi connectivity index (χ1n) is 5.59. The van der Waals surface area contributed by atoms with E-state index in [1.165, 1.54) is 5.56 Å². The van der Waals surface area contributed by atoms with E-state index in [-0.39, 0.29) is 6.10 Å². The van der Waals surface area contributed by atoms with E-state index in [9.17, 15) is 5.11 Å². The van der Waals surface area contributed by atoms with Gasteiger partial charge in [-0.1, -0.05) is 30.7 Å². The van der Waals surface area contributed by atoms with Crippen molar-refractivity contribution >= 4 is 11.6 Å². The van der Waals surface area contributed by atoms with Crippen LogP contribution in [0.5, 0.6) is 0 Å². The van der Waals surface area contributed by atoms with Gasteiger partial charge in [-0.25, -0.2) is 0 Å². The molecule has 0 aliphatic heterocycles. The molecule has 15 heavy (non-hydrogen) atoms. The van der Waals surface area contributed by atoms with E-state index in [1.807, 2.05) is 18.2 Å². The minimum atomic E-state index is -0.103. The predicted molar refractivity (Wildman–Crippen MR) is 63.1 cm³/mol. The molecule has 1 aromatic rings. The Morgan fingerprint density at radius 3 is 2.80 bits per heavy atom. The number of hydrogen-bond donors (Lipinski definition) is 1. The van der Waals surface area contributed by atoms with E-state index in [1.54, 1.807) is 0 Å². The maximum atomic E-state index is 9.67. The molecule has 1 nitrogen and oxygen atoms in total. The van der Waals surface area contributed by atoms with Crippen molar-refractivity contribution in [1.82, 2.24) is 0 Å². The molecule has 1 N–H and O–H groups in total. The fraction of sp³-hybridized carbons (Fsp3) is 0.538. The van der Waals surface area contributed by atoms with Gasteiger partial charge in [0.2, 0.25) is 0 Å². The van der Waals surface area contributed by atoms with E-state index >= 15 is 0 Å². The molecule has 1 aliphatic carbocycles. The summed E-state index contributed by atoms with van der Waals surface area (Å²) < 4.78 is 0. The van der Waals surface area contributed by atoms with Gasteiger partial charge in [0.15, 0.2) is 0 Å². The molecule has 0 heterocycles. The molecule has 2 rings (SSSR count). The lowest BCUT2D eigenvalue weighted by atomic mass is 9.90. The van der Waals surface area contributed by atoms with Gasteiger partial charge in [-0.05, 0) is 48.8 Å². The fourth-order valence-electron chi connectivity index (χ4n) is 2.48. The molecule has 0 bridgehead atoms. The van der Waals surface area contributed by atoms with Gasteiger partial charge in [-0.3, -0.25) is 0 Å². The Balaban J connectivity index is 2.03. The Kier molecular flexibility index (Phi) is 3.32. The van der Waals surface area contributed by atoms with Crippen molar-refractivity contribution in [3.8, 4) is 0 Å². The van der Waals surface area contributed by atoms with Gasteiger partial charge in [-0.15, -0.1) is 0 Å². The Bertz CT molecular complexity index is 337. The van der Waals surface area contributed by atoms with Crippen LogP contribution in [0.2, 0.25) is 5.02 Å². The molecular formula is C13H17ClO. The Morgan fingerprint density at radius 1 is 1.40 bits per heavy atom.